The first kappa shape index (κ1) is 18.2. The molecule has 1 fully saturated rings. The Labute approximate surface area is 153 Å². The van der Waals surface area contributed by atoms with Crippen LogP contribution in [0.1, 0.15) is 49.9 Å². The van der Waals surface area contributed by atoms with Crippen molar-refractivity contribution in [3.05, 3.63) is 52.5 Å². The predicted octanol–water partition coefficient (Wildman–Crippen LogP) is 1.88. The van der Waals surface area contributed by atoms with Crippen molar-refractivity contribution in [1.82, 2.24) is 24.6 Å². The van der Waals surface area contributed by atoms with Gasteiger partial charge in [0.1, 0.15) is 0 Å². The molecule has 0 spiro atoms. The Bertz CT molecular complexity index is 818. The van der Waals surface area contributed by atoms with Crippen molar-refractivity contribution >= 4 is 5.91 Å². The van der Waals surface area contributed by atoms with Crippen LogP contribution in [0.5, 0.6) is 0 Å². The smallest absolute Gasteiger partial charge is 0.291 e. The number of nitrogens with zero attached hydrogens (tertiary/aromatic N) is 5. The summed E-state index contributed by atoms with van der Waals surface area (Å²) < 4.78 is 1.57. The Hall–Kier alpha value is -2.57. The van der Waals surface area contributed by atoms with Gasteiger partial charge >= 0.3 is 0 Å². The van der Waals surface area contributed by atoms with Gasteiger partial charge in [-0.05, 0) is 30.9 Å². The van der Waals surface area contributed by atoms with Crippen LogP contribution in [0, 0.1) is 5.92 Å². The molecule has 0 radical (unpaired) electrons. The molecule has 2 aromatic rings. The van der Waals surface area contributed by atoms with Crippen LogP contribution < -0.4 is 5.56 Å². The van der Waals surface area contributed by atoms with E-state index in [0.29, 0.717) is 25.6 Å². The van der Waals surface area contributed by atoms with Crippen LogP contribution in [-0.2, 0) is 12.0 Å². The quantitative estimate of drug-likeness (QED) is 0.840. The third-order valence-corrected chi connectivity index (χ3v) is 4.72. The van der Waals surface area contributed by atoms with Crippen LogP contribution in [0.3, 0.4) is 0 Å². The van der Waals surface area contributed by atoms with Crippen molar-refractivity contribution in [3.8, 4) is 0 Å². The molecule has 2 aromatic heterocycles. The van der Waals surface area contributed by atoms with E-state index < -0.39 is 0 Å². The number of likely N-dealkylation sites (tertiary alicyclic amines) is 1. The van der Waals surface area contributed by atoms with Gasteiger partial charge in [0.25, 0.3) is 11.5 Å². The van der Waals surface area contributed by atoms with E-state index in [9.17, 15) is 9.59 Å². The number of rotatable bonds is 3. The van der Waals surface area contributed by atoms with Gasteiger partial charge in [-0.3, -0.25) is 9.59 Å². The molecule has 7 nitrogen and oxygen atoms in total. The Morgan fingerprint density at radius 1 is 1.15 bits per heavy atom. The minimum absolute atomic E-state index is 0.0748. The fourth-order valence-electron chi connectivity index (χ4n) is 3.09. The van der Waals surface area contributed by atoms with Crippen molar-refractivity contribution in [2.45, 2.75) is 45.6 Å². The molecule has 0 aromatic carbocycles. The number of amides is 1. The van der Waals surface area contributed by atoms with Crippen molar-refractivity contribution in [2.75, 3.05) is 13.1 Å². The minimum atomic E-state index is -0.130. The van der Waals surface area contributed by atoms with Gasteiger partial charge in [-0.25, -0.2) is 14.6 Å². The molecule has 3 heterocycles. The molecule has 1 aliphatic heterocycles. The van der Waals surface area contributed by atoms with Gasteiger partial charge in [0, 0.05) is 43.5 Å². The standard InChI is InChI=1S/C19H25N5O2/c1-19(2,3)15-5-6-16(25)24(22-15)13-14-7-11-23(12-8-14)18(26)17-20-9-4-10-21-17/h4-6,9-10,14H,7-8,11-13H2,1-3H3. The fraction of sp³-hybridized carbons (Fsp3) is 0.526. The monoisotopic (exact) mass is 355 g/mol. The van der Waals surface area contributed by atoms with Crippen molar-refractivity contribution < 1.29 is 4.79 Å². The Morgan fingerprint density at radius 3 is 2.42 bits per heavy atom. The van der Waals surface area contributed by atoms with Crippen molar-refractivity contribution in [3.63, 3.8) is 0 Å². The lowest BCUT2D eigenvalue weighted by atomic mass is 9.92. The highest BCUT2D eigenvalue weighted by Crippen LogP contribution is 2.21. The molecule has 7 heteroatoms. The van der Waals surface area contributed by atoms with Gasteiger partial charge in [0.05, 0.1) is 5.69 Å². The number of carbonyl (C=O) groups excluding carboxylic acids is 1. The summed E-state index contributed by atoms with van der Waals surface area (Å²) in [5.74, 6) is 0.437. The average Bonchev–Trinajstić information content (AvgIpc) is 2.63. The topological polar surface area (TPSA) is 81.0 Å². The minimum Gasteiger partial charge on any atom is -0.336 e. The molecule has 0 bridgehead atoms. The summed E-state index contributed by atoms with van der Waals surface area (Å²) in [4.78, 5) is 34.4. The largest absolute Gasteiger partial charge is 0.336 e. The van der Waals surface area contributed by atoms with Gasteiger partial charge in [-0.1, -0.05) is 20.8 Å². The number of hydrogen-bond donors (Lipinski definition) is 0. The Morgan fingerprint density at radius 2 is 1.81 bits per heavy atom. The zero-order valence-corrected chi connectivity index (χ0v) is 15.6. The van der Waals surface area contributed by atoms with Crippen molar-refractivity contribution in [2.24, 2.45) is 5.92 Å². The lowest BCUT2D eigenvalue weighted by Gasteiger charge is -2.31. The first-order chi connectivity index (χ1) is 12.3. The number of piperidine rings is 1. The predicted molar refractivity (Wildman–Crippen MR) is 97.9 cm³/mol. The van der Waals surface area contributed by atoms with E-state index in [1.54, 1.807) is 40.2 Å². The van der Waals surface area contributed by atoms with E-state index in [4.69, 9.17) is 0 Å². The van der Waals surface area contributed by atoms with Gasteiger partial charge in [-0.2, -0.15) is 5.10 Å². The van der Waals surface area contributed by atoms with E-state index in [-0.39, 0.29) is 22.7 Å². The van der Waals surface area contributed by atoms with E-state index in [0.717, 1.165) is 18.5 Å². The highest BCUT2D eigenvalue weighted by molar-refractivity contribution is 5.90. The molecule has 1 aliphatic rings. The molecule has 1 amide bonds. The summed E-state index contributed by atoms with van der Waals surface area (Å²) in [5, 5.41) is 4.54. The molecular weight excluding hydrogens is 330 g/mol. The molecule has 0 saturated carbocycles. The summed E-state index contributed by atoms with van der Waals surface area (Å²) in [6, 6.07) is 5.10. The molecular formula is C19H25N5O2. The van der Waals surface area contributed by atoms with Crippen LogP contribution in [0.4, 0.5) is 0 Å². The van der Waals surface area contributed by atoms with Crippen molar-refractivity contribution in [1.29, 1.82) is 0 Å². The summed E-state index contributed by atoms with van der Waals surface area (Å²) in [6.45, 7) is 8.14. The molecule has 0 unspecified atom stereocenters. The first-order valence-corrected chi connectivity index (χ1v) is 8.99. The van der Waals surface area contributed by atoms with Crippen LogP contribution in [-0.4, -0.2) is 43.6 Å². The third-order valence-electron chi connectivity index (χ3n) is 4.72. The SMILES string of the molecule is CC(C)(C)c1ccc(=O)n(CC2CCN(C(=O)c3ncccn3)CC2)n1. The average molecular weight is 355 g/mol. The maximum absolute atomic E-state index is 12.4. The molecule has 3 rings (SSSR count). The maximum Gasteiger partial charge on any atom is 0.291 e. The molecule has 138 valence electrons. The van der Waals surface area contributed by atoms with Gasteiger partial charge < -0.3 is 4.90 Å². The van der Waals surface area contributed by atoms with E-state index in [1.165, 1.54) is 0 Å². The molecule has 1 saturated heterocycles. The molecule has 0 N–H and O–H groups in total. The Kier molecular flexibility index (Phi) is 5.15. The number of aromatic nitrogens is 4. The van der Waals surface area contributed by atoms with Crippen LogP contribution in [0.2, 0.25) is 0 Å². The summed E-state index contributed by atoms with van der Waals surface area (Å²) in [7, 11) is 0. The highest BCUT2D eigenvalue weighted by Gasteiger charge is 2.26. The third kappa shape index (κ3) is 4.15. The van der Waals surface area contributed by atoms with Crippen LogP contribution >= 0.6 is 0 Å². The van der Waals surface area contributed by atoms with Gasteiger partial charge in [-0.15, -0.1) is 0 Å². The number of hydrogen-bond acceptors (Lipinski definition) is 5. The maximum atomic E-state index is 12.4. The summed E-state index contributed by atoms with van der Waals surface area (Å²) >= 11 is 0. The zero-order chi connectivity index (χ0) is 18.7. The zero-order valence-electron chi connectivity index (χ0n) is 15.6. The molecule has 0 aliphatic carbocycles. The molecule has 26 heavy (non-hydrogen) atoms. The lowest BCUT2D eigenvalue weighted by Crippen LogP contribution is -2.41. The first-order valence-electron chi connectivity index (χ1n) is 8.99. The highest BCUT2D eigenvalue weighted by atomic mass is 16.2. The van der Waals surface area contributed by atoms with Crippen LogP contribution in [0.25, 0.3) is 0 Å². The fourth-order valence-corrected chi connectivity index (χ4v) is 3.09. The summed E-state index contributed by atoms with van der Waals surface area (Å²) in [6.07, 6.45) is 4.83. The Balaban J connectivity index is 1.63. The van der Waals surface area contributed by atoms with E-state index in [2.05, 4.69) is 35.8 Å². The molecule has 0 atom stereocenters. The normalized spacial score (nSPS) is 15.9. The number of carbonyl (C=O) groups is 1. The second kappa shape index (κ2) is 7.35. The van der Waals surface area contributed by atoms with Crippen LogP contribution in [0.15, 0.2) is 35.4 Å². The van der Waals surface area contributed by atoms with Gasteiger partial charge in [0.15, 0.2) is 0 Å². The second-order valence-electron chi connectivity index (χ2n) is 7.80. The lowest BCUT2D eigenvalue weighted by molar-refractivity contribution is 0.0667. The summed E-state index contributed by atoms with van der Waals surface area (Å²) in [5.41, 5.74) is 0.737. The van der Waals surface area contributed by atoms with Gasteiger partial charge in [0.2, 0.25) is 5.82 Å². The van der Waals surface area contributed by atoms with E-state index >= 15 is 0 Å². The van der Waals surface area contributed by atoms with E-state index in [1.807, 2.05) is 0 Å². The second-order valence-corrected chi connectivity index (χ2v) is 7.80.